The number of esters is 1. The number of nitrogens with one attached hydrogen (secondary N) is 1. The molecule has 0 aliphatic heterocycles. The van der Waals surface area contributed by atoms with Gasteiger partial charge in [0.05, 0.1) is 0 Å². The number of halogens is 1. The van der Waals surface area contributed by atoms with Gasteiger partial charge < -0.3 is 14.8 Å². The van der Waals surface area contributed by atoms with Crippen LogP contribution in [0.3, 0.4) is 0 Å². The third-order valence-corrected chi connectivity index (χ3v) is 3.63. The fourth-order valence-electron chi connectivity index (χ4n) is 2.06. The first kappa shape index (κ1) is 18.8. The first-order chi connectivity index (χ1) is 12.0. The molecule has 1 amide bonds. The Bertz CT molecular complexity index is 688. The molecule has 25 heavy (non-hydrogen) atoms. The van der Waals surface area contributed by atoms with Gasteiger partial charge in [0.2, 0.25) is 0 Å². The molecule has 2 rings (SSSR count). The molecule has 0 aromatic heterocycles. The molecule has 0 fully saturated rings. The molecule has 0 aliphatic rings. The smallest absolute Gasteiger partial charge is 0.347 e. The van der Waals surface area contributed by atoms with Gasteiger partial charge in [-0.1, -0.05) is 41.9 Å². The number of benzene rings is 2. The summed E-state index contributed by atoms with van der Waals surface area (Å²) < 4.78 is 10.4. The molecule has 2 aromatic carbocycles. The summed E-state index contributed by atoms with van der Waals surface area (Å²) in [6.07, 6.45) is -0.102. The third-order valence-electron chi connectivity index (χ3n) is 3.38. The van der Waals surface area contributed by atoms with Crippen LogP contribution in [0.5, 0.6) is 5.75 Å². The van der Waals surface area contributed by atoms with Gasteiger partial charge in [0, 0.05) is 11.6 Å². The van der Waals surface area contributed by atoms with Crippen LogP contribution in [0.25, 0.3) is 0 Å². The van der Waals surface area contributed by atoms with E-state index in [0.29, 0.717) is 17.3 Å². The maximum absolute atomic E-state index is 11.9. The molecule has 0 radical (unpaired) electrons. The minimum Gasteiger partial charge on any atom is -0.479 e. The zero-order valence-corrected chi connectivity index (χ0v) is 14.7. The summed E-state index contributed by atoms with van der Waals surface area (Å²) in [4.78, 5) is 23.6. The second-order valence-corrected chi connectivity index (χ2v) is 5.84. The summed E-state index contributed by atoms with van der Waals surface area (Å²) >= 11 is 5.78. The van der Waals surface area contributed by atoms with Crippen molar-refractivity contribution in [3.05, 3.63) is 65.2 Å². The zero-order valence-electron chi connectivity index (χ0n) is 13.9. The highest BCUT2D eigenvalue weighted by Gasteiger charge is 2.17. The van der Waals surface area contributed by atoms with Crippen molar-refractivity contribution >= 4 is 23.5 Å². The van der Waals surface area contributed by atoms with Crippen LogP contribution in [0.4, 0.5) is 0 Å². The van der Waals surface area contributed by atoms with Crippen LogP contribution in [-0.4, -0.2) is 31.1 Å². The SMILES string of the molecule is C[C@H](Oc1ccc(Cl)cc1)C(=O)OCC(=O)NCCc1ccccc1. The van der Waals surface area contributed by atoms with Gasteiger partial charge in [-0.25, -0.2) is 4.79 Å². The van der Waals surface area contributed by atoms with Gasteiger partial charge in [-0.2, -0.15) is 0 Å². The fraction of sp³-hybridized carbons (Fsp3) is 0.263. The Labute approximate surface area is 151 Å². The summed E-state index contributed by atoms with van der Waals surface area (Å²) in [5.41, 5.74) is 1.13. The molecule has 132 valence electrons. The fourth-order valence-corrected chi connectivity index (χ4v) is 2.19. The van der Waals surface area contributed by atoms with E-state index < -0.39 is 12.1 Å². The molecule has 1 atom stereocenters. The van der Waals surface area contributed by atoms with E-state index in [-0.39, 0.29) is 12.5 Å². The molecule has 6 heteroatoms. The van der Waals surface area contributed by atoms with Crippen LogP contribution in [0.1, 0.15) is 12.5 Å². The summed E-state index contributed by atoms with van der Waals surface area (Å²) in [6, 6.07) is 16.4. The third kappa shape index (κ3) is 6.85. The predicted molar refractivity (Wildman–Crippen MR) is 95.7 cm³/mol. The number of carbonyl (C=O) groups excluding carboxylic acids is 2. The van der Waals surface area contributed by atoms with Gasteiger partial charge in [-0.3, -0.25) is 4.79 Å². The highest BCUT2D eigenvalue weighted by Crippen LogP contribution is 2.17. The van der Waals surface area contributed by atoms with E-state index >= 15 is 0 Å². The van der Waals surface area contributed by atoms with Gasteiger partial charge in [0.1, 0.15) is 5.75 Å². The lowest BCUT2D eigenvalue weighted by molar-refractivity contribution is -0.154. The predicted octanol–water partition coefficient (Wildman–Crippen LogP) is 3.01. The summed E-state index contributed by atoms with van der Waals surface area (Å²) in [7, 11) is 0. The van der Waals surface area contributed by atoms with Crippen molar-refractivity contribution in [1.29, 1.82) is 0 Å². The molecule has 0 heterocycles. The van der Waals surface area contributed by atoms with Crippen molar-refractivity contribution in [3.8, 4) is 5.75 Å². The molecule has 0 spiro atoms. The van der Waals surface area contributed by atoms with Crippen molar-refractivity contribution in [2.75, 3.05) is 13.2 Å². The highest BCUT2D eigenvalue weighted by molar-refractivity contribution is 6.30. The zero-order chi connectivity index (χ0) is 18.1. The van der Waals surface area contributed by atoms with Crippen molar-refractivity contribution in [2.45, 2.75) is 19.4 Å². The van der Waals surface area contributed by atoms with E-state index in [4.69, 9.17) is 21.1 Å². The lowest BCUT2D eigenvalue weighted by Gasteiger charge is -2.14. The molecule has 0 unspecified atom stereocenters. The van der Waals surface area contributed by atoms with E-state index in [1.807, 2.05) is 30.3 Å². The average molecular weight is 362 g/mol. The van der Waals surface area contributed by atoms with Crippen LogP contribution in [0, 0.1) is 0 Å². The Morgan fingerprint density at radius 1 is 1.08 bits per heavy atom. The summed E-state index contributed by atoms with van der Waals surface area (Å²) in [6.45, 7) is 1.71. The average Bonchev–Trinajstić information content (AvgIpc) is 2.62. The molecule has 1 N–H and O–H groups in total. The number of rotatable bonds is 8. The van der Waals surface area contributed by atoms with E-state index in [1.54, 1.807) is 31.2 Å². The van der Waals surface area contributed by atoms with Crippen molar-refractivity contribution in [2.24, 2.45) is 0 Å². The molecule has 5 nitrogen and oxygen atoms in total. The first-order valence-electron chi connectivity index (χ1n) is 7.94. The van der Waals surface area contributed by atoms with Gasteiger partial charge in [-0.05, 0) is 43.2 Å². The minimum atomic E-state index is -0.821. The Balaban J connectivity index is 1.66. The number of ether oxygens (including phenoxy) is 2. The lowest BCUT2D eigenvalue weighted by atomic mass is 10.1. The van der Waals surface area contributed by atoms with E-state index in [0.717, 1.165) is 12.0 Å². The largest absolute Gasteiger partial charge is 0.479 e. The van der Waals surface area contributed by atoms with Gasteiger partial charge in [-0.15, -0.1) is 0 Å². The lowest BCUT2D eigenvalue weighted by Crippen LogP contribution is -2.33. The molecule has 0 aliphatic carbocycles. The number of hydrogen-bond acceptors (Lipinski definition) is 4. The number of amides is 1. The second-order valence-electron chi connectivity index (χ2n) is 5.41. The molecular weight excluding hydrogens is 342 g/mol. The van der Waals surface area contributed by atoms with Crippen LogP contribution in [0.2, 0.25) is 5.02 Å². The summed E-state index contributed by atoms with van der Waals surface area (Å²) in [5.74, 6) is -0.447. The molecule has 2 aromatic rings. The molecular formula is C19H20ClNO4. The number of hydrogen-bond donors (Lipinski definition) is 1. The first-order valence-corrected chi connectivity index (χ1v) is 8.32. The Hall–Kier alpha value is -2.53. The molecule has 0 saturated carbocycles. The normalized spacial score (nSPS) is 11.4. The maximum atomic E-state index is 11.9. The quantitative estimate of drug-likeness (QED) is 0.734. The monoisotopic (exact) mass is 361 g/mol. The van der Waals surface area contributed by atoms with Gasteiger partial charge in [0.25, 0.3) is 5.91 Å². The van der Waals surface area contributed by atoms with Gasteiger partial charge >= 0.3 is 5.97 Å². The maximum Gasteiger partial charge on any atom is 0.347 e. The van der Waals surface area contributed by atoms with Crippen LogP contribution in [0.15, 0.2) is 54.6 Å². The van der Waals surface area contributed by atoms with Crippen LogP contribution >= 0.6 is 11.6 Å². The standard InChI is InChI=1S/C19H20ClNO4/c1-14(25-17-9-7-16(20)8-10-17)19(23)24-13-18(22)21-12-11-15-5-3-2-4-6-15/h2-10,14H,11-13H2,1H3,(H,21,22)/t14-/m0/s1. The summed E-state index contributed by atoms with van der Waals surface area (Å²) in [5, 5.41) is 3.29. The topological polar surface area (TPSA) is 64.6 Å². The second kappa shape index (κ2) is 9.69. The Morgan fingerprint density at radius 3 is 2.44 bits per heavy atom. The van der Waals surface area contributed by atoms with Gasteiger partial charge in [0.15, 0.2) is 12.7 Å². The van der Waals surface area contributed by atoms with Crippen molar-refractivity contribution in [1.82, 2.24) is 5.32 Å². The number of carbonyl (C=O) groups is 2. The van der Waals surface area contributed by atoms with Crippen molar-refractivity contribution < 1.29 is 19.1 Å². The van der Waals surface area contributed by atoms with E-state index in [2.05, 4.69) is 5.32 Å². The highest BCUT2D eigenvalue weighted by atomic mass is 35.5. The molecule has 0 saturated heterocycles. The van der Waals surface area contributed by atoms with E-state index in [9.17, 15) is 9.59 Å². The molecule has 0 bridgehead atoms. The van der Waals surface area contributed by atoms with E-state index in [1.165, 1.54) is 0 Å². The Kier molecular flexibility index (Phi) is 7.29. The van der Waals surface area contributed by atoms with Crippen LogP contribution in [-0.2, 0) is 20.7 Å². The Morgan fingerprint density at radius 2 is 1.76 bits per heavy atom. The minimum absolute atomic E-state index is 0.331. The van der Waals surface area contributed by atoms with Crippen molar-refractivity contribution in [3.63, 3.8) is 0 Å². The van der Waals surface area contributed by atoms with Crippen LogP contribution < -0.4 is 10.1 Å².